The Labute approximate surface area is 107 Å². The second kappa shape index (κ2) is 5.11. The lowest BCUT2D eigenvalue weighted by Crippen LogP contribution is -2.12. The largest absolute Gasteiger partial charge is 0.360 e. The molecule has 5 nitrogen and oxygen atoms in total. The molecular weight excluding hydrogens is 274 g/mol. The summed E-state index contributed by atoms with van der Waals surface area (Å²) in [6, 6.07) is 7.12. The molecule has 0 fully saturated rings. The summed E-state index contributed by atoms with van der Waals surface area (Å²) >= 11 is 0. The highest BCUT2D eigenvalue weighted by atomic mass is 32.3. The van der Waals surface area contributed by atoms with E-state index in [2.05, 4.69) is 5.32 Å². The van der Waals surface area contributed by atoms with E-state index in [9.17, 15) is 16.8 Å². The van der Waals surface area contributed by atoms with E-state index in [0.29, 0.717) is 5.69 Å². The number of aryl methyl sites for hydroxylation is 1. The number of benzene rings is 1. The smallest absolute Gasteiger partial charge is 0.187 e. The molecule has 0 saturated carbocycles. The number of anilines is 1. The van der Waals surface area contributed by atoms with Crippen LogP contribution in [0.4, 0.5) is 5.69 Å². The summed E-state index contributed by atoms with van der Waals surface area (Å²) in [5, 5.41) is 2.66. The van der Waals surface area contributed by atoms with Crippen LogP contribution in [0, 0.1) is 6.92 Å². The van der Waals surface area contributed by atoms with Gasteiger partial charge in [-0.1, -0.05) is 17.7 Å². The SMILES string of the molecule is Cc1ccc(NC=C(S(C)(=O)=O)S(C)(=O)=O)cc1. The number of hydrogen-bond acceptors (Lipinski definition) is 5. The fourth-order valence-electron chi connectivity index (χ4n) is 1.28. The molecule has 0 unspecified atom stereocenters. The van der Waals surface area contributed by atoms with Crippen LogP contribution in [-0.4, -0.2) is 29.3 Å². The van der Waals surface area contributed by atoms with E-state index in [1.807, 2.05) is 19.1 Å². The normalized spacial score (nSPS) is 11.9. The van der Waals surface area contributed by atoms with Crippen LogP contribution in [0.5, 0.6) is 0 Å². The van der Waals surface area contributed by atoms with Gasteiger partial charge in [-0.2, -0.15) is 0 Å². The zero-order valence-electron chi connectivity index (χ0n) is 10.3. The Morgan fingerprint density at radius 3 is 1.83 bits per heavy atom. The highest BCUT2D eigenvalue weighted by Gasteiger charge is 2.22. The Bertz CT molecular complexity index is 621. The van der Waals surface area contributed by atoms with Gasteiger partial charge in [0.2, 0.25) is 0 Å². The molecule has 7 heteroatoms. The van der Waals surface area contributed by atoms with E-state index < -0.39 is 23.9 Å². The third kappa shape index (κ3) is 4.15. The average Bonchev–Trinajstić information content (AvgIpc) is 2.17. The summed E-state index contributed by atoms with van der Waals surface area (Å²) in [4.78, 5) is 0. The van der Waals surface area contributed by atoms with Crippen molar-refractivity contribution in [3.63, 3.8) is 0 Å². The summed E-state index contributed by atoms with van der Waals surface area (Å²) < 4.78 is 44.8. The quantitative estimate of drug-likeness (QED) is 0.903. The first-order valence-corrected chi connectivity index (χ1v) is 8.82. The predicted molar refractivity (Wildman–Crippen MR) is 72.6 cm³/mol. The van der Waals surface area contributed by atoms with Gasteiger partial charge in [-0.05, 0) is 19.1 Å². The van der Waals surface area contributed by atoms with Crippen LogP contribution >= 0.6 is 0 Å². The van der Waals surface area contributed by atoms with Gasteiger partial charge in [0.1, 0.15) is 0 Å². The Morgan fingerprint density at radius 1 is 1.00 bits per heavy atom. The molecule has 0 saturated heterocycles. The van der Waals surface area contributed by atoms with Crippen LogP contribution in [0.25, 0.3) is 0 Å². The van der Waals surface area contributed by atoms with Crippen molar-refractivity contribution in [1.29, 1.82) is 0 Å². The molecule has 0 radical (unpaired) electrons. The van der Waals surface area contributed by atoms with Crippen LogP contribution in [0.2, 0.25) is 0 Å². The lowest BCUT2D eigenvalue weighted by atomic mass is 10.2. The minimum absolute atomic E-state index is 0.616. The summed E-state index contributed by atoms with van der Waals surface area (Å²) in [5.74, 6) is 0. The molecule has 1 N–H and O–H groups in total. The van der Waals surface area contributed by atoms with Gasteiger partial charge in [0, 0.05) is 24.4 Å². The van der Waals surface area contributed by atoms with Gasteiger partial charge in [-0.25, -0.2) is 16.8 Å². The third-order valence-electron chi connectivity index (χ3n) is 2.14. The summed E-state index contributed by atoms with van der Waals surface area (Å²) in [6.45, 7) is 1.91. The maximum Gasteiger partial charge on any atom is 0.187 e. The van der Waals surface area contributed by atoms with Crippen molar-refractivity contribution >= 4 is 25.4 Å². The molecule has 1 aromatic rings. The molecule has 0 bridgehead atoms. The van der Waals surface area contributed by atoms with Crippen molar-refractivity contribution in [3.8, 4) is 0 Å². The van der Waals surface area contributed by atoms with Gasteiger partial charge in [-0.3, -0.25) is 0 Å². The standard InChI is InChI=1S/C11H15NO4S2/c1-9-4-6-10(7-5-9)12-8-11(17(2,13)14)18(3,15)16/h4-8,12H,1-3H3. The first-order valence-electron chi connectivity index (χ1n) is 5.04. The van der Waals surface area contributed by atoms with Gasteiger partial charge < -0.3 is 5.32 Å². The third-order valence-corrected chi connectivity index (χ3v) is 5.65. The number of hydrogen-bond donors (Lipinski definition) is 1. The van der Waals surface area contributed by atoms with E-state index >= 15 is 0 Å². The Balaban J connectivity index is 3.10. The molecule has 0 heterocycles. The van der Waals surface area contributed by atoms with E-state index in [4.69, 9.17) is 0 Å². The molecule has 100 valence electrons. The summed E-state index contributed by atoms with van der Waals surface area (Å²) in [5.41, 5.74) is 1.67. The van der Waals surface area contributed by atoms with Crippen LogP contribution in [0.3, 0.4) is 0 Å². The van der Waals surface area contributed by atoms with Gasteiger partial charge in [0.25, 0.3) is 0 Å². The maximum atomic E-state index is 11.4. The maximum absolute atomic E-state index is 11.4. The Kier molecular flexibility index (Phi) is 4.18. The summed E-state index contributed by atoms with van der Waals surface area (Å²) in [7, 11) is -7.58. The minimum atomic E-state index is -3.79. The first-order chi connectivity index (χ1) is 8.10. The van der Waals surface area contributed by atoms with Crippen molar-refractivity contribution in [2.45, 2.75) is 6.92 Å². The molecule has 1 aromatic carbocycles. The molecule has 0 spiro atoms. The lowest BCUT2D eigenvalue weighted by Gasteiger charge is -2.05. The van der Waals surface area contributed by atoms with Crippen LogP contribution in [-0.2, 0) is 19.7 Å². The fraction of sp³-hybridized carbons (Fsp3) is 0.273. The highest BCUT2D eigenvalue weighted by molar-refractivity contribution is 8.13. The fourth-order valence-corrected chi connectivity index (χ4v) is 4.03. The molecular formula is C11H15NO4S2. The van der Waals surface area contributed by atoms with Crippen LogP contribution in [0.1, 0.15) is 5.56 Å². The first kappa shape index (κ1) is 14.7. The van der Waals surface area contributed by atoms with Crippen molar-refractivity contribution in [1.82, 2.24) is 0 Å². The Morgan fingerprint density at radius 2 is 1.44 bits per heavy atom. The van der Waals surface area contributed by atoms with Crippen LogP contribution in [0.15, 0.2) is 34.7 Å². The monoisotopic (exact) mass is 289 g/mol. The topological polar surface area (TPSA) is 80.3 Å². The van der Waals surface area contributed by atoms with Crippen molar-refractivity contribution in [2.75, 3.05) is 17.8 Å². The van der Waals surface area contributed by atoms with Gasteiger partial charge >= 0.3 is 0 Å². The van der Waals surface area contributed by atoms with Gasteiger partial charge in [0.15, 0.2) is 23.9 Å². The predicted octanol–water partition coefficient (Wildman–Crippen LogP) is 1.30. The van der Waals surface area contributed by atoms with E-state index in [-0.39, 0.29) is 0 Å². The molecule has 0 aliphatic rings. The molecule has 0 aliphatic heterocycles. The van der Waals surface area contributed by atoms with E-state index in [1.165, 1.54) is 0 Å². The molecule has 0 atom stereocenters. The highest BCUT2D eigenvalue weighted by Crippen LogP contribution is 2.14. The second-order valence-electron chi connectivity index (χ2n) is 4.02. The molecule has 1 rings (SSSR count). The molecule has 0 aliphatic carbocycles. The van der Waals surface area contributed by atoms with Gasteiger partial charge in [-0.15, -0.1) is 0 Å². The molecule has 0 aromatic heterocycles. The van der Waals surface area contributed by atoms with Crippen molar-refractivity contribution in [3.05, 3.63) is 40.3 Å². The van der Waals surface area contributed by atoms with Crippen molar-refractivity contribution in [2.24, 2.45) is 0 Å². The minimum Gasteiger partial charge on any atom is -0.360 e. The zero-order valence-corrected chi connectivity index (χ0v) is 12.0. The van der Waals surface area contributed by atoms with Crippen molar-refractivity contribution < 1.29 is 16.8 Å². The van der Waals surface area contributed by atoms with E-state index in [0.717, 1.165) is 24.3 Å². The zero-order chi connectivity index (χ0) is 14.0. The van der Waals surface area contributed by atoms with E-state index in [1.54, 1.807) is 12.1 Å². The number of nitrogens with one attached hydrogen (secondary N) is 1. The molecule has 0 amide bonds. The Hall–Kier alpha value is -1.34. The number of rotatable bonds is 4. The van der Waals surface area contributed by atoms with Crippen LogP contribution < -0.4 is 5.32 Å². The summed E-state index contributed by atoms with van der Waals surface area (Å²) in [6.07, 6.45) is 2.71. The number of sulfone groups is 2. The second-order valence-corrected chi connectivity index (χ2v) is 8.24. The molecule has 18 heavy (non-hydrogen) atoms. The average molecular weight is 289 g/mol. The van der Waals surface area contributed by atoms with Gasteiger partial charge in [0.05, 0.1) is 0 Å². The lowest BCUT2D eigenvalue weighted by molar-refractivity contribution is 0.601.